The second-order valence-electron chi connectivity index (χ2n) is 5.77. The van der Waals surface area contributed by atoms with Crippen molar-refractivity contribution in [3.05, 3.63) is 34.9 Å². The van der Waals surface area contributed by atoms with Gasteiger partial charge in [-0.05, 0) is 49.9 Å². The molecule has 0 saturated heterocycles. The van der Waals surface area contributed by atoms with Crippen LogP contribution in [0.1, 0.15) is 31.7 Å². The summed E-state index contributed by atoms with van der Waals surface area (Å²) >= 11 is 6.02. The van der Waals surface area contributed by atoms with Crippen LogP contribution in [0, 0.1) is 23.2 Å². The molecule has 0 heterocycles. The molecule has 19 heavy (non-hydrogen) atoms. The monoisotopic (exact) mass is 276 g/mol. The molecule has 3 atom stereocenters. The zero-order chi connectivity index (χ0) is 13.8. The highest BCUT2D eigenvalue weighted by atomic mass is 35.5. The molecule has 3 unspecified atom stereocenters. The number of rotatable bonds is 3. The number of benzene rings is 1. The fourth-order valence-electron chi connectivity index (χ4n) is 3.03. The minimum atomic E-state index is 0.167. The molecule has 1 saturated carbocycles. The third-order valence-electron chi connectivity index (χ3n) is 4.13. The summed E-state index contributed by atoms with van der Waals surface area (Å²) in [7, 11) is 2.12. The highest BCUT2D eigenvalue weighted by Crippen LogP contribution is 2.32. The molecule has 2 rings (SSSR count). The molecule has 3 heteroatoms. The van der Waals surface area contributed by atoms with Crippen molar-refractivity contribution < 1.29 is 0 Å². The van der Waals surface area contributed by atoms with Crippen LogP contribution in [0.5, 0.6) is 0 Å². The van der Waals surface area contributed by atoms with Gasteiger partial charge in [0.15, 0.2) is 0 Å². The predicted molar refractivity (Wildman–Crippen MR) is 78.8 cm³/mol. The molecule has 1 aromatic rings. The Balaban J connectivity index is 2.05. The average Bonchev–Trinajstić information content (AvgIpc) is 2.38. The Morgan fingerprint density at radius 2 is 2.21 bits per heavy atom. The van der Waals surface area contributed by atoms with E-state index < -0.39 is 0 Å². The Kier molecular flexibility index (Phi) is 4.85. The highest BCUT2D eigenvalue weighted by Gasteiger charge is 2.31. The predicted octanol–water partition coefficient (Wildman–Crippen LogP) is 4.10. The van der Waals surface area contributed by atoms with Crippen LogP contribution < -0.4 is 0 Å². The number of nitriles is 1. The number of nitrogens with zero attached hydrogens (tertiary/aromatic N) is 2. The zero-order valence-electron chi connectivity index (χ0n) is 11.6. The van der Waals surface area contributed by atoms with Crippen LogP contribution in [0.15, 0.2) is 24.3 Å². The normalized spacial score (nSPS) is 27.2. The van der Waals surface area contributed by atoms with Gasteiger partial charge in [0.05, 0.1) is 12.0 Å². The summed E-state index contributed by atoms with van der Waals surface area (Å²) < 4.78 is 0. The molecule has 0 radical (unpaired) electrons. The molecule has 1 fully saturated rings. The van der Waals surface area contributed by atoms with Gasteiger partial charge >= 0.3 is 0 Å². The van der Waals surface area contributed by atoms with Crippen LogP contribution >= 0.6 is 11.6 Å². The van der Waals surface area contributed by atoms with E-state index in [4.69, 9.17) is 11.6 Å². The maximum absolute atomic E-state index is 9.31. The van der Waals surface area contributed by atoms with E-state index in [9.17, 15) is 5.26 Å². The lowest BCUT2D eigenvalue weighted by molar-refractivity contribution is 0.125. The summed E-state index contributed by atoms with van der Waals surface area (Å²) in [6, 6.07) is 10.8. The molecule has 102 valence electrons. The van der Waals surface area contributed by atoms with Crippen molar-refractivity contribution in [3.8, 4) is 6.07 Å². The summed E-state index contributed by atoms with van der Waals surface area (Å²) in [4.78, 5) is 2.31. The van der Waals surface area contributed by atoms with Gasteiger partial charge in [0.2, 0.25) is 0 Å². The van der Waals surface area contributed by atoms with Gasteiger partial charge in [0, 0.05) is 17.6 Å². The van der Waals surface area contributed by atoms with Gasteiger partial charge in [-0.2, -0.15) is 5.26 Å². The van der Waals surface area contributed by atoms with Gasteiger partial charge in [-0.15, -0.1) is 0 Å². The molecule has 0 amide bonds. The number of hydrogen-bond donors (Lipinski definition) is 0. The summed E-state index contributed by atoms with van der Waals surface area (Å²) in [5.74, 6) is 0.886. The third-order valence-corrected chi connectivity index (χ3v) is 4.37. The molecule has 0 aliphatic heterocycles. The van der Waals surface area contributed by atoms with Crippen LogP contribution in [0.4, 0.5) is 0 Å². The first-order chi connectivity index (χ1) is 9.10. The van der Waals surface area contributed by atoms with Crippen LogP contribution in [0.2, 0.25) is 5.02 Å². The first-order valence-electron chi connectivity index (χ1n) is 6.94. The lowest BCUT2D eigenvalue weighted by Gasteiger charge is -2.37. The summed E-state index contributed by atoms with van der Waals surface area (Å²) in [5, 5.41) is 10.1. The topological polar surface area (TPSA) is 27.0 Å². The van der Waals surface area contributed by atoms with Crippen molar-refractivity contribution in [2.24, 2.45) is 11.8 Å². The molecular weight excluding hydrogens is 256 g/mol. The van der Waals surface area contributed by atoms with E-state index in [1.54, 1.807) is 0 Å². The van der Waals surface area contributed by atoms with Crippen molar-refractivity contribution in [1.29, 1.82) is 5.26 Å². The summed E-state index contributed by atoms with van der Waals surface area (Å²) in [6.07, 6.45) is 3.33. The Hall–Kier alpha value is -1.04. The van der Waals surface area contributed by atoms with Gasteiger partial charge in [-0.25, -0.2) is 0 Å². The lowest BCUT2D eigenvalue weighted by atomic mass is 9.79. The highest BCUT2D eigenvalue weighted by molar-refractivity contribution is 6.30. The molecule has 0 spiro atoms. The molecule has 0 bridgehead atoms. The maximum Gasteiger partial charge on any atom is 0.0672 e. The average molecular weight is 277 g/mol. The zero-order valence-corrected chi connectivity index (χ0v) is 12.4. The second kappa shape index (κ2) is 6.41. The summed E-state index contributed by atoms with van der Waals surface area (Å²) in [5.41, 5.74) is 1.21. The minimum Gasteiger partial charge on any atom is -0.298 e. The minimum absolute atomic E-state index is 0.167. The molecule has 2 nitrogen and oxygen atoms in total. The summed E-state index contributed by atoms with van der Waals surface area (Å²) in [6.45, 7) is 3.14. The Morgan fingerprint density at radius 1 is 1.42 bits per heavy atom. The second-order valence-corrected chi connectivity index (χ2v) is 6.20. The smallest absolute Gasteiger partial charge is 0.0672 e. The molecule has 1 aliphatic carbocycles. The van der Waals surface area contributed by atoms with Gasteiger partial charge in [-0.3, -0.25) is 4.90 Å². The van der Waals surface area contributed by atoms with Crippen molar-refractivity contribution in [2.75, 3.05) is 7.05 Å². The quantitative estimate of drug-likeness (QED) is 0.831. The van der Waals surface area contributed by atoms with Gasteiger partial charge in [0.25, 0.3) is 0 Å². The van der Waals surface area contributed by atoms with Gasteiger partial charge < -0.3 is 0 Å². The van der Waals surface area contributed by atoms with Crippen LogP contribution in [0.25, 0.3) is 0 Å². The Bertz CT molecular complexity index is 466. The van der Waals surface area contributed by atoms with Crippen molar-refractivity contribution in [3.63, 3.8) is 0 Å². The van der Waals surface area contributed by atoms with Crippen LogP contribution in [-0.2, 0) is 6.54 Å². The standard InChI is InChI=1S/C16H21ClN2/c1-12-6-7-14(10-18)16(8-12)19(2)11-13-4-3-5-15(17)9-13/h3-5,9,12,14,16H,6-8,11H2,1-2H3. The molecule has 1 aliphatic rings. The van der Waals surface area contributed by atoms with Crippen LogP contribution in [0.3, 0.4) is 0 Å². The fraction of sp³-hybridized carbons (Fsp3) is 0.562. The van der Waals surface area contributed by atoms with Crippen molar-refractivity contribution in [1.82, 2.24) is 4.90 Å². The number of halogens is 1. The van der Waals surface area contributed by atoms with Gasteiger partial charge in [-0.1, -0.05) is 30.7 Å². The van der Waals surface area contributed by atoms with E-state index in [1.807, 2.05) is 18.2 Å². The van der Waals surface area contributed by atoms with Crippen LogP contribution in [-0.4, -0.2) is 18.0 Å². The van der Waals surface area contributed by atoms with E-state index in [0.717, 1.165) is 30.3 Å². The molecule has 0 aromatic heterocycles. The third kappa shape index (κ3) is 3.72. The number of hydrogen-bond acceptors (Lipinski definition) is 2. The fourth-order valence-corrected chi connectivity index (χ4v) is 3.24. The van der Waals surface area contributed by atoms with Crippen molar-refractivity contribution >= 4 is 11.6 Å². The first kappa shape index (κ1) is 14.4. The van der Waals surface area contributed by atoms with Gasteiger partial charge in [0.1, 0.15) is 0 Å². The Morgan fingerprint density at radius 3 is 2.89 bits per heavy atom. The largest absolute Gasteiger partial charge is 0.298 e. The van der Waals surface area contributed by atoms with E-state index in [0.29, 0.717) is 6.04 Å². The molecule has 1 aromatic carbocycles. The van der Waals surface area contributed by atoms with E-state index in [1.165, 1.54) is 12.0 Å². The van der Waals surface area contributed by atoms with E-state index in [2.05, 4.69) is 31.0 Å². The lowest BCUT2D eigenvalue weighted by Crippen LogP contribution is -2.41. The molecular formula is C16H21ClN2. The van der Waals surface area contributed by atoms with E-state index >= 15 is 0 Å². The van der Waals surface area contributed by atoms with Crippen molar-refractivity contribution in [2.45, 2.75) is 38.8 Å². The SMILES string of the molecule is CC1CCC(C#N)C(N(C)Cc2cccc(Cl)c2)C1. The maximum atomic E-state index is 9.31. The molecule has 0 N–H and O–H groups in total. The first-order valence-corrected chi connectivity index (χ1v) is 7.32. The Labute approximate surface area is 121 Å². The van der Waals surface area contributed by atoms with E-state index in [-0.39, 0.29) is 5.92 Å².